The monoisotopic (exact) mass is 845 g/mol. The van der Waals surface area contributed by atoms with Gasteiger partial charge in [0.25, 0.3) is 0 Å². The Kier molecular flexibility index (Phi) is 18.6. The highest BCUT2D eigenvalue weighted by atomic mass is 32.2. The summed E-state index contributed by atoms with van der Waals surface area (Å²) < 4.78 is 115. The lowest BCUT2D eigenvalue weighted by Gasteiger charge is -2.35. The molecule has 0 spiro atoms. The minimum absolute atomic E-state index is 0.0197. The summed E-state index contributed by atoms with van der Waals surface area (Å²) in [6, 6.07) is 12.0. The Morgan fingerprint density at radius 2 is 1.09 bits per heavy atom. The van der Waals surface area contributed by atoms with Gasteiger partial charge in [-0.15, -0.1) is 0 Å². The maximum atomic E-state index is 13.2. The highest BCUT2D eigenvalue weighted by molar-refractivity contribution is 7.91. The molecule has 0 bridgehead atoms. The van der Waals surface area contributed by atoms with E-state index in [4.69, 9.17) is 38.9 Å². The molecule has 320 valence electrons. The van der Waals surface area contributed by atoms with E-state index in [1.54, 1.807) is 32.9 Å². The van der Waals surface area contributed by atoms with Crippen molar-refractivity contribution in [3.8, 4) is 11.5 Å². The largest absolute Gasteiger partial charge is 0.489 e. The molecule has 0 unspecified atom stereocenters. The third-order valence-corrected chi connectivity index (χ3v) is 13.2. The zero-order valence-electron chi connectivity index (χ0n) is 33.4. The number of benzene rings is 2. The maximum absolute atomic E-state index is 13.2. The summed E-state index contributed by atoms with van der Waals surface area (Å²) in [5.41, 5.74) is 3.92. The van der Waals surface area contributed by atoms with Crippen LogP contribution >= 0.6 is 0 Å². The minimum atomic E-state index is -3.58. The molecular weight excluding hydrogens is 789 g/mol. The quantitative estimate of drug-likeness (QED) is 0.177. The van der Waals surface area contributed by atoms with Crippen molar-refractivity contribution in [3.05, 3.63) is 72.3 Å². The number of esters is 1. The topological polar surface area (TPSA) is 176 Å². The second kappa shape index (κ2) is 22.1. The molecule has 0 atom stereocenters. The van der Waals surface area contributed by atoms with Crippen molar-refractivity contribution < 1.29 is 63.6 Å². The molecule has 0 aromatic heterocycles. The van der Waals surface area contributed by atoms with E-state index in [0.29, 0.717) is 87.4 Å². The van der Waals surface area contributed by atoms with Gasteiger partial charge < -0.3 is 38.9 Å². The fourth-order valence-corrected chi connectivity index (χ4v) is 9.58. The van der Waals surface area contributed by atoms with Crippen molar-refractivity contribution in [3.63, 3.8) is 0 Å². The number of hydrogen-bond donors (Lipinski definition) is 1. The summed E-state index contributed by atoms with van der Waals surface area (Å²) >= 11 is 0. The average Bonchev–Trinajstić information content (AvgIpc) is 3.18. The Morgan fingerprint density at radius 3 is 1.42 bits per heavy atom. The van der Waals surface area contributed by atoms with Gasteiger partial charge in [-0.25, -0.2) is 25.6 Å². The van der Waals surface area contributed by atoms with Crippen LogP contribution in [0.3, 0.4) is 0 Å². The van der Waals surface area contributed by atoms with Gasteiger partial charge in [0.2, 0.25) is 0 Å². The third kappa shape index (κ3) is 15.7. The molecule has 2 heterocycles. The van der Waals surface area contributed by atoms with Crippen LogP contribution in [0.1, 0.15) is 59.3 Å². The highest BCUT2D eigenvalue weighted by Gasteiger charge is 2.39. The molecule has 13 nitrogen and oxygen atoms in total. The lowest BCUT2D eigenvalue weighted by atomic mass is 9.97. The number of sulfone groups is 2. The summed E-state index contributed by atoms with van der Waals surface area (Å²) in [7, 11) is -4.03. The summed E-state index contributed by atoms with van der Waals surface area (Å²) in [5, 5.41) is 0. The first-order chi connectivity index (χ1) is 26.9. The van der Waals surface area contributed by atoms with Gasteiger partial charge in [0, 0.05) is 84.9 Å². The van der Waals surface area contributed by atoms with Gasteiger partial charge >= 0.3 is 5.97 Å². The number of hydrogen-bond acceptors (Lipinski definition) is 13. The Morgan fingerprint density at radius 1 is 0.702 bits per heavy atom. The first kappa shape index (κ1) is 47.9. The summed E-state index contributed by atoms with van der Waals surface area (Å²) in [6.45, 7) is 7.23. The van der Waals surface area contributed by atoms with Gasteiger partial charge in [-0.3, -0.25) is 4.79 Å². The van der Waals surface area contributed by atoms with Crippen LogP contribution < -0.4 is 15.2 Å². The van der Waals surface area contributed by atoms with Gasteiger partial charge in [0.1, 0.15) is 30.3 Å². The van der Waals surface area contributed by atoms with Crippen LogP contribution in [-0.4, -0.2) is 112 Å². The van der Waals surface area contributed by atoms with E-state index >= 15 is 0 Å². The number of ether oxygens (including phenoxy) is 7. The molecule has 2 fully saturated rings. The predicted octanol–water partition coefficient (Wildman–Crippen LogP) is 5.86. The van der Waals surface area contributed by atoms with Crippen LogP contribution in [0.2, 0.25) is 0 Å². The fraction of sp³-hybridized carbons (Fsp3) is 0.575. The molecule has 2 aromatic carbocycles. The van der Waals surface area contributed by atoms with Crippen LogP contribution in [-0.2, 0) is 48.2 Å². The van der Waals surface area contributed by atoms with E-state index in [0.717, 1.165) is 0 Å². The number of carbonyl (C=O) groups is 1. The van der Waals surface area contributed by atoms with Gasteiger partial charge in [0.15, 0.2) is 19.7 Å². The number of carbonyl (C=O) groups excluding carboxylic acids is 1. The highest BCUT2D eigenvalue weighted by Crippen LogP contribution is 2.31. The predicted molar refractivity (Wildman–Crippen MR) is 210 cm³/mol. The van der Waals surface area contributed by atoms with E-state index in [-0.39, 0.29) is 53.9 Å². The minimum Gasteiger partial charge on any atom is -0.489 e. The molecule has 57 heavy (non-hydrogen) atoms. The van der Waals surface area contributed by atoms with E-state index in [1.165, 1.54) is 50.6 Å². The summed E-state index contributed by atoms with van der Waals surface area (Å²) in [4.78, 5) is 12.1. The molecule has 0 radical (unpaired) electrons. The SMILES string of the molecule is COC1(CS(=O)(=O)c2ccc(OC/C(=C/F)CCC(=O)OC(C)(C)C)cc2)CCOCC1.COC1(CS(=O)(=O)c2ccc(OC/C(=C/F)CN)cc2)CCOCC1. The fourth-order valence-electron chi connectivity index (χ4n) is 5.95. The maximum Gasteiger partial charge on any atom is 0.306 e. The van der Waals surface area contributed by atoms with Crippen LogP contribution in [0.25, 0.3) is 0 Å². The summed E-state index contributed by atoms with van der Waals surface area (Å²) in [5.74, 6) is 0.207. The van der Waals surface area contributed by atoms with Crippen molar-refractivity contribution in [2.75, 3.05) is 71.9 Å². The van der Waals surface area contributed by atoms with Crippen molar-refractivity contribution >= 4 is 25.6 Å². The molecule has 2 aromatic rings. The molecule has 0 amide bonds. The smallest absolute Gasteiger partial charge is 0.306 e. The van der Waals surface area contributed by atoms with Crippen molar-refractivity contribution in [2.45, 2.75) is 85.9 Å². The lowest BCUT2D eigenvalue weighted by Crippen LogP contribution is -2.44. The molecule has 17 heteroatoms. The van der Waals surface area contributed by atoms with Gasteiger partial charge in [0.05, 0.1) is 45.2 Å². The van der Waals surface area contributed by atoms with Gasteiger partial charge in [-0.05, 0) is 81.3 Å². The van der Waals surface area contributed by atoms with Crippen molar-refractivity contribution in [1.29, 1.82) is 0 Å². The van der Waals surface area contributed by atoms with Crippen LogP contribution in [0.4, 0.5) is 8.78 Å². The zero-order valence-corrected chi connectivity index (χ0v) is 35.1. The Labute approximate surface area is 335 Å². The second-order valence-corrected chi connectivity index (χ2v) is 18.8. The molecule has 0 saturated carbocycles. The lowest BCUT2D eigenvalue weighted by molar-refractivity contribution is -0.154. The first-order valence-electron chi connectivity index (χ1n) is 18.6. The number of nitrogens with two attached hydrogens (primary N) is 1. The molecule has 2 aliphatic heterocycles. The normalized spacial score (nSPS) is 17.5. The van der Waals surface area contributed by atoms with E-state index in [1.807, 2.05) is 0 Å². The number of rotatable bonds is 18. The zero-order chi connectivity index (χ0) is 42.2. The van der Waals surface area contributed by atoms with Crippen LogP contribution in [0.5, 0.6) is 11.5 Å². The van der Waals surface area contributed by atoms with E-state index < -0.39 is 42.4 Å². The Balaban J connectivity index is 0.000000315. The molecule has 2 aliphatic rings. The molecule has 2 N–H and O–H groups in total. The Bertz CT molecular complexity index is 1830. The second-order valence-electron chi connectivity index (χ2n) is 14.9. The van der Waals surface area contributed by atoms with Crippen molar-refractivity contribution in [1.82, 2.24) is 0 Å². The van der Waals surface area contributed by atoms with Crippen LogP contribution in [0, 0.1) is 0 Å². The average molecular weight is 846 g/mol. The third-order valence-electron chi connectivity index (χ3n) is 9.44. The van der Waals surface area contributed by atoms with Gasteiger partial charge in [-0.2, -0.15) is 0 Å². The molecule has 0 aliphatic carbocycles. The van der Waals surface area contributed by atoms with Crippen molar-refractivity contribution in [2.24, 2.45) is 5.73 Å². The molecule has 4 rings (SSSR count). The standard InChI is InChI=1S/C23H33FO7S.C17H24FNO5S/c1-22(2,3)31-21(25)10-5-18(15-24)16-30-19-6-8-20(9-7-19)32(26,27)17-23(28-4)11-13-29-14-12-23;1-22-17(6-8-23-9-7-17)13-25(20,21)16-4-2-15(3-5-16)24-12-14(10-18)11-19/h6-9,15H,5,10-14,16-17H2,1-4H3;2-5,10H,6-9,11-13,19H2,1H3/b18-15+;14-10+. The van der Waals surface area contributed by atoms with E-state index in [2.05, 4.69) is 0 Å². The number of halogens is 2. The number of methoxy groups -OCH3 is 2. The first-order valence-corrected chi connectivity index (χ1v) is 21.9. The van der Waals surface area contributed by atoms with Crippen LogP contribution in [0.15, 0.2) is 82.1 Å². The molecular formula is C40H57F2NO12S2. The van der Waals surface area contributed by atoms with E-state index in [9.17, 15) is 30.4 Å². The Hall–Kier alpha value is -3.45. The molecule has 2 saturated heterocycles. The van der Waals surface area contributed by atoms with Gasteiger partial charge in [-0.1, -0.05) is 0 Å². The summed E-state index contributed by atoms with van der Waals surface area (Å²) in [6.07, 6.45) is 3.17.